The number of aliphatic hydroxyl groups is 1. The second kappa shape index (κ2) is 8.76. The molecule has 0 saturated heterocycles. The molecular formula is C25H23N3O2. The predicted molar refractivity (Wildman–Crippen MR) is 119 cm³/mol. The highest BCUT2D eigenvalue weighted by molar-refractivity contribution is 5.78. The molecule has 0 radical (unpaired) electrons. The van der Waals surface area contributed by atoms with E-state index >= 15 is 0 Å². The molecule has 30 heavy (non-hydrogen) atoms. The second-order valence-electron chi connectivity index (χ2n) is 7.15. The zero-order valence-corrected chi connectivity index (χ0v) is 16.7. The molecule has 0 aliphatic heterocycles. The fraction of sp³-hybridized carbons (Fsp3) is 0.120. The van der Waals surface area contributed by atoms with Crippen LogP contribution in [-0.2, 0) is 0 Å². The fourth-order valence-electron chi connectivity index (χ4n) is 3.36. The van der Waals surface area contributed by atoms with Gasteiger partial charge in [0.2, 0.25) is 0 Å². The first-order chi connectivity index (χ1) is 14.6. The summed E-state index contributed by atoms with van der Waals surface area (Å²) in [5.41, 5.74) is 4.23. The number of benzene rings is 3. The van der Waals surface area contributed by atoms with Crippen molar-refractivity contribution in [1.82, 2.24) is 9.97 Å². The molecule has 1 heterocycles. The van der Waals surface area contributed by atoms with E-state index in [9.17, 15) is 10.2 Å². The van der Waals surface area contributed by atoms with Crippen molar-refractivity contribution in [1.29, 1.82) is 0 Å². The van der Waals surface area contributed by atoms with Crippen LogP contribution in [0.3, 0.4) is 0 Å². The Morgan fingerprint density at radius 3 is 2.10 bits per heavy atom. The van der Waals surface area contributed by atoms with Gasteiger partial charge in [-0.15, -0.1) is 0 Å². The Kier molecular flexibility index (Phi) is 5.72. The standard InChI is InChI=1S/C25H23N3O2/c1-28(17-22(30)20-13-8-14-21(29)15-20)23-16-26-24(18-9-4-2-5-10-18)25(27-23)19-11-6-3-7-12-19/h2-16,22,29-30H,17H2,1H3. The maximum atomic E-state index is 10.6. The Balaban J connectivity index is 1.67. The lowest BCUT2D eigenvalue weighted by Crippen LogP contribution is -2.25. The van der Waals surface area contributed by atoms with Crippen molar-refractivity contribution in [3.63, 3.8) is 0 Å². The quantitative estimate of drug-likeness (QED) is 0.494. The van der Waals surface area contributed by atoms with Crippen molar-refractivity contribution in [3.8, 4) is 28.3 Å². The summed E-state index contributed by atoms with van der Waals surface area (Å²) in [5, 5.41) is 20.3. The molecule has 1 unspecified atom stereocenters. The SMILES string of the molecule is CN(CC(O)c1cccc(O)c1)c1cnc(-c2ccccc2)c(-c2ccccc2)n1. The number of nitrogens with zero attached hydrogens (tertiary/aromatic N) is 3. The third kappa shape index (κ3) is 4.31. The van der Waals surface area contributed by atoms with E-state index < -0.39 is 6.10 Å². The van der Waals surface area contributed by atoms with Crippen molar-refractivity contribution in [2.24, 2.45) is 0 Å². The summed E-state index contributed by atoms with van der Waals surface area (Å²) in [5.74, 6) is 0.792. The molecule has 4 rings (SSSR count). The monoisotopic (exact) mass is 397 g/mol. The van der Waals surface area contributed by atoms with E-state index in [-0.39, 0.29) is 5.75 Å². The number of likely N-dealkylation sites (N-methyl/N-ethyl adjacent to an activating group) is 1. The number of anilines is 1. The Morgan fingerprint density at radius 2 is 1.47 bits per heavy atom. The van der Waals surface area contributed by atoms with Crippen molar-refractivity contribution >= 4 is 5.82 Å². The number of aromatic hydroxyl groups is 1. The summed E-state index contributed by atoms with van der Waals surface area (Å²) in [6, 6.07) is 26.6. The topological polar surface area (TPSA) is 69.5 Å². The van der Waals surface area contributed by atoms with Crippen molar-refractivity contribution < 1.29 is 10.2 Å². The number of phenolic OH excluding ortho intramolecular Hbond substituents is 1. The molecule has 150 valence electrons. The molecule has 4 aromatic rings. The van der Waals surface area contributed by atoms with E-state index in [0.29, 0.717) is 17.9 Å². The molecule has 5 nitrogen and oxygen atoms in total. The maximum Gasteiger partial charge on any atom is 0.147 e. The van der Waals surface area contributed by atoms with E-state index in [4.69, 9.17) is 9.97 Å². The minimum atomic E-state index is -0.766. The van der Waals surface area contributed by atoms with Gasteiger partial charge >= 0.3 is 0 Å². The molecule has 0 amide bonds. The summed E-state index contributed by atoms with van der Waals surface area (Å²) in [7, 11) is 1.87. The van der Waals surface area contributed by atoms with Crippen LogP contribution in [-0.4, -0.2) is 33.8 Å². The van der Waals surface area contributed by atoms with E-state index in [1.54, 1.807) is 30.5 Å². The normalized spacial score (nSPS) is 11.8. The number of hydrogen-bond acceptors (Lipinski definition) is 5. The van der Waals surface area contributed by atoms with Gasteiger partial charge < -0.3 is 15.1 Å². The van der Waals surface area contributed by atoms with Gasteiger partial charge in [-0.1, -0.05) is 72.8 Å². The van der Waals surface area contributed by atoms with E-state index in [1.807, 2.05) is 72.6 Å². The zero-order valence-electron chi connectivity index (χ0n) is 16.7. The molecule has 0 spiro atoms. The third-order valence-electron chi connectivity index (χ3n) is 4.95. The summed E-state index contributed by atoms with van der Waals surface area (Å²) in [6.45, 7) is 0.317. The van der Waals surface area contributed by atoms with E-state index in [0.717, 1.165) is 22.5 Å². The van der Waals surface area contributed by atoms with Crippen LogP contribution in [0.15, 0.2) is 91.1 Å². The summed E-state index contributed by atoms with van der Waals surface area (Å²) in [4.78, 5) is 11.5. The lowest BCUT2D eigenvalue weighted by atomic mass is 10.0. The zero-order chi connectivity index (χ0) is 20.9. The van der Waals surface area contributed by atoms with Crippen LogP contribution in [0.4, 0.5) is 5.82 Å². The average molecular weight is 397 g/mol. The van der Waals surface area contributed by atoms with Crippen LogP contribution in [0.25, 0.3) is 22.5 Å². The van der Waals surface area contributed by atoms with Gasteiger partial charge in [0.25, 0.3) is 0 Å². The maximum absolute atomic E-state index is 10.6. The molecular weight excluding hydrogens is 374 g/mol. The van der Waals surface area contributed by atoms with Gasteiger partial charge in [-0.05, 0) is 17.7 Å². The average Bonchev–Trinajstić information content (AvgIpc) is 2.80. The van der Waals surface area contributed by atoms with Crippen LogP contribution < -0.4 is 4.90 Å². The van der Waals surface area contributed by atoms with Crippen molar-refractivity contribution in [2.75, 3.05) is 18.5 Å². The minimum Gasteiger partial charge on any atom is -0.508 e. The van der Waals surface area contributed by atoms with Crippen LogP contribution in [0.5, 0.6) is 5.75 Å². The molecule has 0 fully saturated rings. The minimum absolute atomic E-state index is 0.132. The van der Waals surface area contributed by atoms with Gasteiger partial charge in [0.15, 0.2) is 0 Å². The molecule has 5 heteroatoms. The highest BCUT2D eigenvalue weighted by Crippen LogP contribution is 2.30. The predicted octanol–water partition coefficient (Wildman–Crippen LogP) is 4.69. The Bertz CT molecular complexity index is 1120. The third-order valence-corrected chi connectivity index (χ3v) is 4.95. The van der Waals surface area contributed by atoms with E-state index in [1.165, 1.54) is 0 Å². The first-order valence-corrected chi connectivity index (χ1v) is 9.78. The first-order valence-electron chi connectivity index (χ1n) is 9.78. The molecule has 3 aromatic carbocycles. The largest absolute Gasteiger partial charge is 0.508 e. The van der Waals surface area contributed by atoms with Gasteiger partial charge in [-0.2, -0.15) is 0 Å². The van der Waals surface area contributed by atoms with Gasteiger partial charge in [0.1, 0.15) is 11.6 Å². The molecule has 1 atom stereocenters. The van der Waals surface area contributed by atoms with Crippen LogP contribution in [0, 0.1) is 0 Å². The Hall–Kier alpha value is -3.70. The highest BCUT2D eigenvalue weighted by Gasteiger charge is 2.16. The molecule has 1 aromatic heterocycles. The van der Waals surface area contributed by atoms with Crippen molar-refractivity contribution in [3.05, 3.63) is 96.7 Å². The number of aliphatic hydroxyl groups excluding tert-OH is 1. The summed E-state index contributed by atoms with van der Waals surface area (Å²) < 4.78 is 0. The molecule has 0 aliphatic rings. The second-order valence-corrected chi connectivity index (χ2v) is 7.15. The van der Waals surface area contributed by atoms with Gasteiger partial charge in [0, 0.05) is 24.7 Å². The smallest absolute Gasteiger partial charge is 0.147 e. The Labute approximate surface area is 175 Å². The molecule has 0 saturated carbocycles. The van der Waals surface area contributed by atoms with Gasteiger partial charge in [-0.3, -0.25) is 4.98 Å². The summed E-state index contributed by atoms with van der Waals surface area (Å²) in [6.07, 6.45) is 0.960. The molecule has 0 aliphatic carbocycles. The Morgan fingerprint density at radius 1 is 0.833 bits per heavy atom. The lowest BCUT2D eigenvalue weighted by molar-refractivity contribution is 0.184. The van der Waals surface area contributed by atoms with Gasteiger partial charge in [-0.25, -0.2) is 4.98 Å². The lowest BCUT2D eigenvalue weighted by Gasteiger charge is -2.23. The number of rotatable bonds is 6. The first kappa shape index (κ1) is 19.6. The van der Waals surface area contributed by atoms with Crippen LogP contribution in [0.2, 0.25) is 0 Å². The number of phenols is 1. The highest BCUT2D eigenvalue weighted by atomic mass is 16.3. The number of hydrogen-bond donors (Lipinski definition) is 2. The summed E-state index contributed by atoms with van der Waals surface area (Å²) >= 11 is 0. The van der Waals surface area contributed by atoms with Gasteiger partial charge in [0.05, 0.1) is 23.7 Å². The van der Waals surface area contributed by atoms with Crippen LogP contribution in [0.1, 0.15) is 11.7 Å². The van der Waals surface area contributed by atoms with Crippen LogP contribution >= 0.6 is 0 Å². The molecule has 0 bridgehead atoms. The fourth-order valence-corrected chi connectivity index (χ4v) is 3.36. The van der Waals surface area contributed by atoms with E-state index in [2.05, 4.69) is 0 Å². The number of aromatic nitrogens is 2. The van der Waals surface area contributed by atoms with Crippen molar-refractivity contribution in [2.45, 2.75) is 6.10 Å². The molecule has 2 N–H and O–H groups in total.